The molecule has 3 aromatic carbocycles. The molecule has 1 aliphatic heterocycles. The van der Waals surface area contributed by atoms with Crippen LogP contribution in [0.25, 0.3) is 22.3 Å². The first-order chi connectivity index (χ1) is 18.1. The third-order valence-electron chi connectivity index (χ3n) is 6.43. The zero-order valence-electron chi connectivity index (χ0n) is 19.6. The molecular formula is C29H21N5O3. The highest BCUT2D eigenvalue weighted by Gasteiger charge is 2.38. The number of aromatic nitrogens is 3. The summed E-state index contributed by atoms with van der Waals surface area (Å²) in [5.41, 5.74) is 4.34. The fraction of sp³-hybridized carbons (Fsp3) is 0.0690. The third kappa shape index (κ3) is 4.04. The van der Waals surface area contributed by atoms with E-state index < -0.39 is 0 Å². The van der Waals surface area contributed by atoms with Gasteiger partial charge in [0.15, 0.2) is 5.65 Å². The number of benzene rings is 3. The van der Waals surface area contributed by atoms with Gasteiger partial charge in [0.25, 0.3) is 17.7 Å². The number of anilines is 1. The number of imide groups is 1. The average molecular weight is 488 g/mol. The van der Waals surface area contributed by atoms with Crippen molar-refractivity contribution in [3.05, 3.63) is 113 Å². The summed E-state index contributed by atoms with van der Waals surface area (Å²) in [6.45, 7) is 0.270. The molecule has 0 unspecified atom stereocenters. The van der Waals surface area contributed by atoms with Crippen LogP contribution in [0.1, 0.15) is 36.6 Å². The zero-order chi connectivity index (χ0) is 25.4. The molecule has 180 valence electrons. The molecule has 0 saturated heterocycles. The summed E-state index contributed by atoms with van der Waals surface area (Å²) in [6.07, 6.45) is 1.98. The number of nitrogens with one attached hydrogen (secondary N) is 2. The van der Waals surface area contributed by atoms with Crippen molar-refractivity contribution in [2.75, 3.05) is 11.9 Å². The van der Waals surface area contributed by atoms with Crippen LogP contribution in [0.4, 0.5) is 5.69 Å². The maximum absolute atomic E-state index is 13.5. The molecule has 1 aliphatic rings. The molecule has 3 amide bonds. The number of H-pyrrole nitrogens is 1. The molecule has 5 aromatic rings. The molecule has 8 heteroatoms. The van der Waals surface area contributed by atoms with E-state index >= 15 is 0 Å². The second-order valence-electron chi connectivity index (χ2n) is 8.74. The fourth-order valence-corrected chi connectivity index (χ4v) is 4.59. The molecule has 2 N–H and O–H groups in total. The number of carbonyl (C=O) groups excluding carboxylic acids is 3. The second kappa shape index (κ2) is 9.16. The monoisotopic (exact) mass is 487 g/mol. The second-order valence-corrected chi connectivity index (χ2v) is 8.74. The molecular weight excluding hydrogens is 466 g/mol. The molecule has 0 radical (unpaired) electrons. The van der Waals surface area contributed by atoms with Crippen molar-refractivity contribution in [2.24, 2.45) is 0 Å². The first-order valence-electron chi connectivity index (χ1n) is 11.8. The van der Waals surface area contributed by atoms with Crippen LogP contribution in [0.15, 0.2) is 91.1 Å². The Morgan fingerprint density at radius 3 is 2.43 bits per heavy atom. The highest BCUT2D eigenvalue weighted by atomic mass is 16.2. The smallest absolute Gasteiger partial charge is 0.263 e. The van der Waals surface area contributed by atoms with E-state index in [-0.39, 0.29) is 29.8 Å². The lowest BCUT2D eigenvalue weighted by Crippen LogP contribution is -2.31. The molecule has 37 heavy (non-hydrogen) atoms. The molecule has 8 nitrogen and oxygen atoms in total. The molecule has 6 rings (SSSR count). The Labute approximate surface area is 212 Å². The van der Waals surface area contributed by atoms with Gasteiger partial charge >= 0.3 is 0 Å². The van der Waals surface area contributed by atoms with E-state index in [1.54, 1.807) is 42.5 Å². The van der Waals surface area contributed by atoms with Gasteiger partial charge in [0, 0.05) is 29.6 Å². The van der Waals surface area contributed by atoms with Crippen LogP contribution in [0, 0.1) is 0 Å². The van der Waals surface area contributed by atoms with Crippen LogP contribution in [0.5, 0.6) is 0 Å². The number of hydrogen-bond acceptors (Lipinski definition) is 5. The molecule has 0 spiro atoms. The van der Waals surface area contributed by atoms with Crippen molar-refractivity contribution >= 4 is 34.4 Å². The molecule has 0 atom stereocenters. The Morgan fingerprint density at radius 2 is 1.65 bits per heavy atom. The van der Waals surface area contributed by atoms with E-state index in [2.05, 4.69) is 20.5 Å². The van der Waals surface area contributed by atoms with E-state index in [0.717, 1.165) is 5.56 Å². The number of carbonyl (C=O) groups is 3. The minimum Gasteiger partial charge on any atom is -0.322 e. The van der Waals surface area contributed by atoms with Gasteiger partial charge in [-0.05, 0) is 36.2 Å². The summed E-state index contributed by atoms with van der Waals surface area (Å²) in [7, 11) is 0. The number of nitrogens with zero attached hydrogens (tertiary/aromatic N) is 3. The summed E-state index contributed by atoms with van der Waals surface area (Å²) < 4.78 is 0. The highest BCUT2D eigenvalue weighted by molar-refractivity contribution is 6.27. The predicted molar refractivity (Wildman–Crippen MR) is 139 cm³/mol. The van der Waals surface area contributed by atoms with E-state index in [1.807, 2.05) is 42.5 Å². The van der Waals surface area contributed by atoms with Gasteiger partial charge in [0.1, 0.15) is 0 Å². The minimum absolute atomic E-state index is 0.232. The SMILES string of the molecule is O=C(Nc1cccc(-c2[nH]nc3ncc4c(c23)C(=O)N(CCc2ccccc2)C4=O)c1)c1ccccc1. The lowest BCUT2D eigenvalue weighted by molar-refractivity contribution is 0.0656. The molecule has 0 saturated carbocycles. The molecule has 3 heterocycles. The number of rotatable bonds is 6. The van der Waals surface area contributed by atoms with Crippen molar-refractivity contribution in [2.45, 2.75) is 6.42 Å². The van der Waals surface area contributed by atoms with Crippen molar-refractivity contribution in [1.82, 2.24) is 20.1 Å². The maximum atomic E-state index is 13.5. The Morgan fingerprint density at radius 1 is 0.892 bits per heavy atom. The van der Waals surface area contributed by atoms with Crippen LogP contribution in [-0.2, 0) is 6.42 Å². The number of pyridine rings is 1. The number of hydrogen-bond donors (Lipinski definition) is 2. The van der Waals surface area contributed by atoms with Gasteiger partial charge in [-0.25, -0.2) is 4.98 Å². The standard InChI is InChI=1S/C29H21N5O3/c35-27(19-10-5-2-6-11-19)31-21-13-7-12-20(16-21)25-24-23-22(17-30-26(24)33-32-25)28(36)34(29(23)37)15-14-18-8-3-1-4-9-18/h1-13,16-17H,14-15H2,(H,31,35)(H,30,32,33). The van der Waals surface area contributed by atoms with Crippen LogP contribution in [0.2, 0.25) is 0 Å². The van der Waals surface area contributed by atoms with Gasteiger partial charge < -0.3 is 5.32 Å². The van der Waals surface area contributed by atoms with Gasteiger partial charge in [-0.3, -0.25) is 24.4 Å². The Balaban J connectivity index is 1.33. The largest absolute Gasteiger partial charge is 0.322 e. The Hall–Kier alpha value is -5.11. The lowest BCUT2D eigenvalue weighted by Gasteiger charge is -2.13. The number of aromatic amines is 1. The van der Waals surface area contributed by atoms with Gasteiger partial charge in [-0.2, -0.15) is 5.10 Å². The van der Waals surface area contributed by atoms with Gasteiger partial charge in [-0.1, -0.05) is 60.7 Å². The predicted octanol–water partition coefficient (Wildman–Crippen LogP) is 4.72. The van der Waals surface area contributed by atoms with E-state index in [9.17, 15) is 14.4 Å². The van der Waals surface area contributed by atoms with E-state index in [4.69, 9.17) is 0 Å². The Bertz CT molecular complexity index is 1660. The van der Waals surface area contributed by atoms with Crippen molar-refractivity contribution < 1.29 is 14.4 Å². The third-order valence-corrected chi connectivity index (χ3v) is 6.43. The molecule has 0 fully saturated rings. The highest BCUT2D eigenvalue weighted by Crippen LogP contribution is 2.35. The van der Waals surface area contributed by atoms with Crippen molar-refractivity contribution in [3.8, 4) is 11.3 Å². The minimum atomic E-state index is -0.362. The van der Waals surface area contributed by atoms with Crippen LogP contribution in [-0.4, -0.2) is 44.3 Å². The fourth-order valence-electron chi connectivity index (χ4n) is 4.59. The van der Waals surface area contributed by atoms with Crippen molar-refractivity contribution in [3.63, 3.8) is 0 Å². The van der Waals surface area contributed by atoms with Gasteiger partial charge in [0.05, 0.1) is 22.2 Å². The van der Waals surface area contributed by atoms with E-state index in [0.29, 0.717) is 45.5 Å². The van der Waals surface area contributed by atoms with Gasteiger partial charge in [0.2, 0.25) is 0 Å². The lowest BCUT2D eigenvalue weighted by atomic mass is 10.0. The van der Waals surface area contributed by atoms with Crippen LogP contribution >= 0.6 is 0 Å². The summed E-state index contributed by atoms with van der Waals surface area (Å²) >= 11 is 0. The van der Waals surface area contributed by atoms with Crippen LogP contribution in [0.3, 0.4) is 0 Å². The summed E-state index contributed by atoms with van der Waals surface area (Å²) in [5, 5.41) is 10.6. The summed E-state index contributed by atoms with van der Waals surface area (Å²) in [6, 6.07) is 25.9. The summed E-state index contributed by atoms with van der Waals surface area (Å²) in [5.74, 6) is -0.953. The van der Waals surface area contributed by atoms with Crippen LogP contribution < -0.4 is 5.32 Å². The normalized spacial score (nSPS) is 12.7. The quantitative estimate of drug-likeness (QED) is 0.337. The average Bonchev–Trinajstić information content (AvgIpc) is 3.47. The topological polar surface area (TPSA) is 108 Å². The summed E-state index contributed by atoms with van der Waals surface area (Å²) in [4.78, 5) is 44.8. The van der Waals surface area contributed by atoms with Crippen molar-refractivity contribution in [1.29, 1.82) is 0 Å². The first kappa shape index (κ1) is 22.4. The Kier molecular flexibility index (Phi) is 5.54. The zero-order valence-corrected chi connectivity index (χ0v) is 19.6. The molecule has 0 bridgehead atoms. The van der Waals surface area contributed by atoms with Gasteiger partial charge in [-0.15, -0.1) is 0 Å². The van der Waals surface area contributed by atoms with E-state index in [1.165, 1.54) is 11.1 Å². The number of amides is 3. The number of fused-ring (bicyclic) bond motifs is 3. The molecule has 0 aliphatic carbocycles. The molecule has 2 aromatic heterocycles. The first-order valence-corrected chi connectivity index (χ1v) is 11.8. The maximum Gasteiger partial charge on any atom is 0.263 e.